The van der Waals surface area contributed by atoms with E-state index >= 15 is 0 Å². The summed E-state index contributed by atoms with van der Waals surface area (Å²) in [7, 11) is 5.05. The van der Waals surface area contributed by atoms with Crippen molar-refractivity contribution in [2.75, 3.05) is 74.6 Å². The van der Waals surface area contributed by atoms with Crippen LogP contribution in [0.5, 0.6) is 0 Å². The number of ketones is 1. The van der Waals surface area contributed by atoms with Gasteiger partial charge in [0.25, 0.3) is 0 Å². The molecule has 0 radical (unpaired) electrons. The van der Waals surface area contributed by atoms with Gasteiger partial charge in [-0.1, -0.05) is 0 Å². The maximum atomic E-state index is 12.8. The first-order chi connectivity index (χ1) is 17.2. The van der Waals surface area contributed by atoms with E-state index in [2.05, 4.69) is 24.3 Å². The quantitative estimate of drug-likeness (QED) is 0.129. The monoisotopic (exact) mass is 521 g/mol. The Bertz CT molecular complexity index is 622. The molecule has 208 valence electrons. The van der Waals surface area contributed by atoms with Crippen LogP contribution in [0.4, 0.5) is 4.79 Å². The second-order valence-electron chi connectivity index (χ2n) is 7.87. The van der Waals surface area contributed by atoms with Gasteiger partial charge in [-0.15, -0.1) is 0 Å². The van der Waals surface area contributed by atoms with Crippen LogP contribution in [-0.2, 0) is 52.3 Å². The van der Waals surface area contributed by atoms with Crippen molar-refractivity contribution in [1.29, 1.82) is 0 Å². The van der Waals surface area contributed by atoms with Gasteiger partial charge >= 0.3 is 24.0 Å². The SMILES string of the molecule is COC(=O)CCOCC(COCCC(=O)OC)(COCCC(=O)OC)CC(=O)CCCNC(=O)OC. The predicted molar refractivity (Wildman–Crippen MR) is 124 cm³/mol. The van der Waals surface area contributed by atoms with Crippen LogP contribution in [0.1, 0.15) is 38.5 Å². The molecule has 0 rings (SSSR count). The summed E-state index contributed by atoms with van der Waals surface area (Å²) in [5.41, 5.74) is -0.963. The van der Waals surface area contributed by atoms with E-state index in [-0.39, 0.29) is 84.1 Å². The van der Waals surface area contributed by atoms with E-state index in [0.29, 0.717) is 6.42 Å². The fourth-order valence-electron chi connectivity index (χ4n) is 2.97. The molecule has 0 saturated heterocycles. The van der Waals surface area contributed by atoms with Gasteiger partial charge in [0.15, 0.2) is 0 Å². The van der Waals surface area contributed by atoms with Gasteiger partial charge < -0.3 is 38.5 Å². The molecule has 36 heavy (non-hydrogen) atoms. The zero-order chi connectivity index (χ0) is 27.2. The molecule has 0 aromatic carbocycles. The van der Waals surface area contributed by atoms with Gasteiger partial charge in [0, 0.05) is 24.8 Å². The second kappa shape index (κ2) is 20.4. The van der Waals surface area contributed by atoms with Crippen LogP contribution in [0, 0.1) is 5.41 Å². The first-order valence-corrected chi connectivity index (χ1v) is 11.5. The molecule has 0 aliphatic heterocycles. The van der Waals surface area contributed by atoms with Gasteiger partial charge in [0.1, 0.15) is 5.78 Å². The lowest BCUT2D eigenvalue weighted by Crippen LogP contribution is -2.40. The smallest absolute Gasteiger partial charge is 0.406 e. The summed E-state index contributed by atoms with van der Waals surface area (Å²) in [5.74, 6) is -1.47. The number of carbonyl (C=O) groups is 5. The van der Waals surface area contributed by atoms with Crippen molar-refractivity contribution in [2.24, 2.45) is 5.41 Å². The normalized spacial score (nSPS) is 10.9. The summed E-state index contributed by atoms with van der Waals surface area (Å²) in [5, 5.41) is 2.51. The minimum atomic E-state index is -0.963. The highest BCUT2D eigenvalue weighted by atomic mass is 16.5. The predicted octanol–water partition coefficient (Wildman–Crippen LogP) is 0.807. The molecule has 0 saturated carbocycles. The van der Waals surface area contributed by atoms with Gasteiger partial charge in [0.2, 0.25) is 0 Å². The van der Waals surface area contributed by atoms with Gasteiger partial charge in [-0.2, -0.15) is 0 Å². The van der Waals surface area contributed by atoms with Crippen LogP contribution < -0.4 is 5.32 Å². The van der Waals surface area contributed by atoms with Crippen molar-refractivity contribution in [3.05, 3.63) is 0 Å². The Morgan fingerprint density at radius 1 is 0.611 bits per heavy atom. The molecular formula is C23H39NO12. The summed E-state index contributed by atoms with van der Waals surface area (Å²) in [6, 6.07) is 0. The molecule has 0 bridgehead atoms. The molecule has 1 N–H and O–H groups in total. The first kappa shape index (κ1) is 33.2. The third-order valence-corrected chi connectivity index (χ3v) is 4.92. The third kappa shape index (κ3) is 16.8. The number of ether oxygens (including phenoxy) is 7. The van der Waals surface area contributed by atoms with Crippen molar-refractivity contribution < 1.29 is 57.1 Å². The van der Waals surface area contributed by atoms with Gasteiger partial charge in [0.05, 0.1) is 87.3 Å². The Hall–Kier alpha value is -2.77. The minimum absolute atomic E-state index is 0.000102. The number of amides is 1. The van der Waals surface area contributed by atoms with Gasteiger partial charge in [-0.3, -0.25) is 19.2 Å². The van der Waals surface area contributed by atoms with E-state index in [0.717, 1.165) is 0 Å². The van der Waals surface area contributed by atoms with E-state index < -0.39 is 29.4 Å². The zero-order valence-corrected chi connectivity index (χ0v) is 21.6. The number of hydrogen-bond donors (Lipinski definition) is 1. The topological polar surface area (TPSA) is 162 Å². The highest BCUT2D eigenvalue weighted by Gasteiger charge is 2.34. The molecule has 0 aliphatic carbocycles. The van der Waals surface area contributed by atoms with Crippen LogP contribution in [-0.4, -0.2) is 104 Å². The summed E-state index contributed by atoms with van der Waals surface area (Å²) < 4.78 is 35.3. The molecular weight excluding hydrogens is 482 g/mol. The molecule has 0 spiro atoms. The van der Waals surface area contributed by atoms with E-state index in [1.165, 1.54) is 28.4 Å². The first-order valence-electron chi connectivity index (χ1n) is 11.5. The van der Waals surface area contributed by atoms with Crippen molar-refractivity contribution in [3.63, 3.8) is 0 Å². The number of Topliss-reactive ketones (excluding diaryl/α,β-unsaturated/α-hetero) is 1. The van der Waals surface area contributed by atoms with E-state index in [1.807, 2.05) is 0 Å². The second-order valence-corrected chi connectivity index (χ2v) is 7.87. The summed E-state index contributed by atoms with van der Waals surface area (Å²) in [6.45, 7) is 0.431. The zero-order valence-electron chi connectivity index (χ0n) is 21.6. The van der Waals surface area contributed by atoms with Crippen molar-refractivity contribution in [2.45, 2.75) is 38.5 Å². The highest BCUT2D eigenvalue weighted by molar-refractivity contribution is 5.79. The molecule has 1 amide bonds. The number of alkyl carbamates (subject to hydrolysis) is 1. The Kier molecular flexibility index (Phi) is 18.9. The number of nitrogens with one attached hydrogen (secondary N) is 1. The molecule has 0 aliphatic rings. The van der Waals surface area contributed by atoms with E-state index in [1.54, 1.807) is 0 Å². The lowest BCUT2D eigenvalue weighted by molar-refractivity contribution is -0.145. The van der Waals surface area contributed by atoms with Crippen molar-refractivity contribution in [3.8, 4) is 0 Å². The molecule has 0 atom stereocenters. The van der Waals surface area contributed by atoms with Crippen LogP contribution >= 0.6 is 0 Å². The number of esters is 3. The summed E-state index contributed by atoms with van der Waals surface area (Å²) >= 11 is 0. The Labute approximate surface area is 211 Å². The average Bonchev–Trinajstić information content (AvgIpc) is 2.88. The van der Waals surface area contributed by atoms with E-state index in [4.69, 9.17) is 14.2 Å². The molecule has 0 fully saturated rings. The average molecular weight is 522 g/mol. The lowest BCUT2D eigenvalue weighted by atomic mass is 9.84. The van der Waals surface area contributed by atoms with E-state index in [9.17, 15) is 24.0 Å². The van der Waals surface area contributed by atoms with Crippen molar-refractivity contribution >= 4 is 29.8 Å². The van der Waals surface area contributed by atoms with Gasteiger partial charge in [-0.05, 0) is 6.42 Å². The summed E-state index contributed by atoms with van der Waals surface area (Å²) in [6.07, 6.45) is 0.0241. The van der Waals surface area contributed by atoms with Crippen LogP contribution in [0.3, 0.4) is 0 Å². The number of rotatable bonds is 21. The van der Waals surface area contributed by atoms with Crippen LogP contribution in [0.25, 0.3) is 0 Å². The van der Waals surface area contributed by atoms with Crippen LogP contribution in [0.15, 0.2) is 0 Å². The fourth-order valence-corrected chi connectivity index (χ4v) is 2.97. The largest absolute Gasteiger partial charge is 0.469 e. The van der Waals surface area contributed by atoms with Crippen LogP contribution in [0.2, 0.25) is 0 Å². The summed E-state index contributed by atoms with van der Waals surface area (Å²) in [4.78, 5) is 58.2. The number of carbonyl (C=O) groups excluding carboxylic acids is 5. The maximum absolute atomic E-state index is 12.8. The standard InChI is InChI=1S/C23H39NO12/c1-30-19(26)7-11-34-15-23(16-35-12-8-20(27)31-2,17-36-13-9-21(28)32-3)14-18(25)6-5-10-24-22(29)33-4/h5-17H2,1-4H3,(H,24,29). The Morgan fingerprint density at radius 3 is 1.39 bits per heavy atom. The maximum Gasteiger partial charge on any atom is 0.406 e. The molecule has 0 aromatic rings. The van der Waals surface area contributed by atoms with Gasteiger partial charge in [-0.25, -0.2) is 4.79 Å². The fraction of sp³-hybridized carbons (Fsp3) is 0.783. The molecule has 0 aromatic heterocycles. The molecule has 0 heterocycles. The number of hydrogen-bond acceptors (Lipinski definition) is 12. The molecule has 0 unspecified atom stereocenters. The third-order valence-electron chi connectivity index (χ3n) is 4.92. The Morgan fingerprint density at radius 2 is 1.03 bits per heavy atom. The highest BCUT2D eigenvalue weighted by Crippen LogP contribution is 2.26. The number of methoxy groups -OCH3 is 4. The van der Waals surface area contributed by atoms with Crippen molar-refractivity contribution in [1.82, 2.24) is 5.32 Å². The lowest BCUT2D eigenvalue weighted by Gasteiger charge is -2.33. The molecule has 13 nitrogen and oxygen atoms in total. The Balaban J connectivity index is 5.26. The molecule has 13 heteroatoms. The minimum Gasteiger partial charge on any atom is -0.469 e.